The highest BCUT2D eigenvalue weighted by Crippen LogP contribution is 2.27. The number of aliphatic hydroxyl groups excluding tert-OH is 3. The van der Waals surface area contributed by atoms with Crippen molar-refractivity contribution in [3.05, 3.63) is 57.4 Å². The van der Waals surface area contributed by atoms with E-state index in [1.54, 1.807) is 6.07 Å². The summed E-state index contributed by atoms with van der Waals surface area (Å²) in [7, 11) is 0. The molecule has 1 aliphatic heterocycles. The van der Waals surface area contributed by atoms with Gasteiger partial charge in [-0.25, -0.2) is 14.8 Å². The van der Waals surface area contributed by atoms with E-state index in [0.717, 1.165) is 15.2 Å². The third kappa shape index (κ3) is 2.87. The molecule has 3 N–H and O–H groups in total. The van der Waals surface area contributed by atoms with Gasteiger partial charge in [-0.2, -0.15) is 0 Å². The Kier molecular flexibility index (Phi) is 4.53. The van der Waals surface area contributed by atoms with Gasteiger partial charge in [0.25, 0.3) is 5.56 Å². The maximum Gasteiger partial charge on any atom is 0.333 e. The quantitative estimate of drug-likeness (QED) is 0.555. The first-order valence-electron chi connectivity index (χ1n) is 7.23. The van der Waals surface area contributed by atoms with Crippen LogP contribution in [0.4, 0.5) is 0 Å². The number of nitrogens with zero attached hydrogens (tertiary/aromatic N) is 4. The predicted molar refractivity (Wildman–Crippen MR) is 79.1 cm³/mol. The minimum Gasteiger partial charge on any atom is -0.394 e. The van der Waals surface area contributed by atoms with E-state index in [0.29, 0.717) is 0 Å². The summed E-state index contributed by atoms with van der Waals surface area (Å²) >= 11 is 0. The molecule has 2 unspecified atom stereocenters. The summed E-state index contributed by atoms with van der Waals surface area (Å²) in [5, 5.41) is 29.0. The predicted octanol–water partition coefficient (Wildman–Crippen LogP) is -2.54. The highest BCUT2D eigenvalue weighted by molar-refractivity contribution is 4.97. The Morgan fingerprint density at radius 2 is 1.88 bits per heavy atom. The smallest absolute Gasteiger partial charge is 0.333 e. The first-order valence-corrected chi connectivity index (χ1v) is 7.23. The van der Waals surface area contributed by atoms with Gasteiger partial charge in [0.05, 0.1) is 13.2 Å². The molecule has 0 bridgehead atoms. The van der Waals surface area contributed by atoms with E-state index < -0.39 is 42.4 Å². The monoisotopic (exact) mass is 336 g/mol. The van der Waals surface area contributed by atoms with Gasteiger partial charge >= 0.3 is 5.69 Å². The van der Waals surface area contributed by atoms with Gasteiger partial charge in [-0.1, -0.05) is 0 Å². The van der Waals surface area contributed by atoms with Gasteiger partial charge in [0, 0.05) is 24.7 Å². The fourth-order valence-corrected chi connectivity index (χ4v) is 2.53. The van der Waals surface area contributed by atoms with Gasteiger partial charge in [-0.05, 0) is 6.07 Å². The summed E-state index contributed by atoms with van der Waals surface area (Å²) in [6.07, 6.45) is -0.846. The summed E-state index contributed by atoms with van der Waals surface area (Å²) in [6.45, 7) is -0.658. The zero-order valence-electron chi connectivity index (χ0n) is 12.5. The molecule has 2 aromatic heterocycles. The standard InChI is InChI=1S/C14H16N4O6/c19-7-8-11(21)12(22)13(24-8)17-5-2-10(20)18(14(17)23)6-9-15-3-1-4-16-9/h1-5,8,11-13,19,21-22H,6-7H2/t8-,11?,12?,13-/m1/s1. The summed E-state index contributed by atoms with van der Waals surface area (Å²) in [5.41, 5.74) is -1.31. The minimum absolute atomic E-state index is 0.145. The maximum absolute atomic E-state index is 12.6. The zero-order chi connectivity index (χ0) is 17.3. The van der Waals surface area contributed by atoms with Crippen molar-refractivity contribution < 1.29 is 20.1 Å². The molecule has 0 aliphatic carbocycles. The van der Waals surface area contributed by atoms with E-state index >= 15 is 0 Å². The summed E-state index contributed by atoms with van der Waals surface area (Å²) in [5.74, 6) is 0.274. The number of ether oxygens (including phenoxy) is 1. The fourth-order valence-electron chi connectivity index (χ4n) is 2.53. The van der Waals surface area contributed by atoms with Gasteiger partial charge in [0.1, 0.15) is 24.1 Å². The molecule has 0 amide bonds. The van der Waals surface area contributed by atoms with Crippen LogP contribution in [-0.4, -0.2) is 59.3 Å². The lowest BCUT2D eigenvalue weighted by molar-refractivity contribution is -0.0555. The molecule has 1 fully saturated rings. The lowest BCUT2D eigenvalue weighted by atomic mass is 10.1. The van der Waals surface area contributed by atoms with Crippen LogP contribution in [-0.2, 0) is 11.3 Å². The van der Waals surface area contributed by atoms with Gasteiger partial charge in [-0.3, -0.25) is 13.9 Å². The molecular weight excluding hydrogens is 320 g/mol. The van der Waals surface area contributed by atoms with Gasteiger partial charge < -0.3 is 20.1 Å². The molecule has 4 atom stereocenters. The highest BCUT2D eigenvalue weighted by atomic mass is 16.6. The molecule has 0 saturated carbocycles. The van der Waals surface area contributed by atoms with Crippen LogP contribution >= 0.6 is 0 Å². The van der Waals surface area contributed by atoms with Crippen LogP contribution in [0.5, 0.6) is 0 Å². The molecule has 3 rings (SSSR count). The van der Waals surface area contributed by atoms with Crippen LogP contribution in [0.15, 0.2) is 40.3 Å². The van der Waals surface area contributed by atoms with Crippen LogP contribution in [0, 0.1) is 0 Å². The topological polar surface area (TPSA) is 140 Å². The minimum atomic E-state index is -1.42. The molecule has 0 spiro atoms. The molecule has 10 heteroatoms. The van der Waals surface area contributed by atoms with Crippen LogP contribution in [0.3, 0.4) is 0 Å². The van der Waals surface area contributed by atoms with Crippen LogP contribution in [0.25, 0.3) is 0 Å². The van der Waals surface area contributed by atoms with E-state index in [4.69, 9.17) is 9.84 Å². The second-order valence-electron chi connectivity index (χ2n) is 5.32. The van der Waals surface area contributed by atoms with Crippen molar-refractivity contribution in [2.45, 2.75) is 31.1 Å². The second kappa shape index (κ2) is 6.61. The lowest BCUT2D eigenvalue weighted by Gasteiger charge is -2.18. The van der Waals surface area contributed by atoms with Crippen molar-refractivity contribution in [1.29, 1.82) is 0 Å². The molecule has 3 heterocycles. The molecule has 2 aromatic rings. The Hall–Kier alpha value is -2.40. The molecule has 0 radical (unpaired) electrons. The Labute approximate surface area is 135 Å². The number of aliphatic hydroxyl groups is 3. The summed E-state index contributed by atoms with van der Waals surface area (Å²) in [4.78, 5) is 32.5. The average Bonchev–Trinajstić information content (AvgIpc) is 2.88. The zero-order valence-corrected chi connectivity index (χ0v) is 12.5. The first kappa shape index (κ1) is 16.5. The van der Waals surface area contributed by atoms with Crippen molar-refractivity contribution in [3.63, 3.8) is 0 Å². The second-order valence-corrected chi connectivity index (χ2v) is 5.32. The molecule has 0 aromatic carbocycles. The van der Waals surface area contributed by atoms with E-state index in [1.165, 1.54) is 18.6 Å². The molecule has 10 nitrogen and oxygen atoms in total. The average molecular weight is 336 g/mol. The van der Waals surface area contributed by atoms with Crippen LogP contribution < -0.4 is 11.2 Å². The van der Waals surface area contributed by atoms with Gasteiger partial charge in [0.15, 0.2) is 6.23 Å². The molecule has 1 aliphatic rings. The Balaban J connectivity index is 1.98. The van der Waals surface area contributed by atoms with E-state index in [1.807, 2.05) is 0 Å². The van der Waals surface area contributed by atoms with Crippen molar-refractivity contribution in [3.8, 4) is 0 Å². The largest absolute Gasteiger partial charge is 0.394 e. The molecule has 1 saturated heterocycles. The Bertz CT molecular complexity index is 820. The lowest BCUT2D eigenvalue weighted by Crippen LogP contribution is -2.43. The van der Waals surface area contributed by atoms with Gasteiger partial charge in [0.2, 0.25) is 0 Å². The number of rotatable bonds is 4. The van der Waals surface area contributed by atoms with Crippen molar-refractivity contribution in [2.75, 3.05) is 6.61 Å². The summed E-state index contributed by atoms with van der Waals surface area (Å²) in [6, 6.07) is 2.74. The van der Waals surface area contributed by atoms with E-state index in [-0.39, 0.29) is 12.4 Å². The molecule has 128 valence electrons. The van der Waals surface area contributed by atoms with E-state index in [2.05, 4.69) is 9.97 Å². The number of hydrogen-bond donors (Lipinski definition) is 3. The van der Waals surface area contributed by atoms with Crippen LogP contribution in [0.1, 0.15) is 12.1 Å². The Morgan fingerprint density at radius 1 is 1.17 bits per heavy atom. The van der Waals surface area contributed by atoms with Crippen molar-refractivity contribution in [1.82, 2.24) is 19.1 Å². The first-order chi connectivity index (χ1) is 11.5. The van der Waals surface area contributed by atoms with Gasteiger partial charge in [-0.15, -0.1) is 0 Å². The highest BCUT2D eigenvalue weighted by Gasteiger charge is 2.43. The van der Waals surface area contributed by atoms with Crippen molar-refractivity contribution >= 4 is 0 Å². The fraction of sp³-hybridized carbons (Fsp3) is 0.429. The SMILES string of the molecule is O=c1ccn([C@@H]2O[C@H](CO)C(O)C2O)c(=O)n1Cc1ncccn1. The normalized spacial score (nSPS) is 26.6. The third-order valence-electron chi connectivity index (χ3n) is 3.81. The number of aromatic nitrogens is 4. The third-order valence-corrected chi connectivity index (χ3v) is 3.81. The Morgan fingerprint density at radius 3 is 2.50 bits per heavy atom. The maximum atomic E-state index is 12.6. The molecular formula is C14H16N4O6. The number of hydrogen-bond acceptors (Lipinski definition) is 8. The summed E-state index contributed by atoms with van der Waals surface area (Å²) < 4.78 is 7.20. The van der Waals surface area contributed by atoms with Crippen molar-refractivity contribution in [2.24, 2.45) is 0 Å². The van der Waals surface area contributed by atoms with E-state index in [9.17, 15) is 19.8 Å². The molecule has 24 heavy (non-hydrogen) atoms. The van der Waals surface area contributed by atoms with Crippen LogP contribution in [0.2, 0.25) is 0 Å².